The second-order valence-electron chi connectivity index (χ2n) is 5.19. The van der Waals surface area contributed by atoms with E-state index in [-0.39, 0.29) is 17.2 Å². The van der Waals surface area contributed by atoms with Crippen LogP contribution in [0.5, 0.6) is 5.75 Å². The van der Waals surface area contributed by atoms with Crippen LogP contribution in [0.3, 0.4) is 0 Å². The third-order valence-corrected chi connectivity index (χ3v) is 5.26. The molecule has 0 aromatic heterocycles. The largest absolute Gasteiger partial charge is 0.481 e. The maximum Gasteiger partial charge on any atom is 0.281 e. The fourth-order valence-corrected chi connectivity index (χ4v) is 3.45. The summed E-state index contributed by atoms with van der Waals surface area (Å²) in [5.74, 6) is -1.74. The van der Waals surface area contributed by atoms with Gasteiger partial charge < -0.3 is 4.74 Å². The number of sulfonamides is 1. The maximum atomic E-state index is 14.0. The van der Waals surface area contributed by atoms with E-state index in [1.165, 1.54) is 29.7 Å². The average Bonchev–Trinajstić information content (AvgIpc) is 2.65. The highest BCUT2D eigenvalue weighted by Crippen LogP contribution is 2.25. The van der Waals surface area contributed by atoms with Crippen LogP contribution >= 0.6 is 12.6 Å². The SMILES string of the molecule is O=C(COc1ccc(C(S)CNS(=O)(=O)c2ccccc2)cc1F)NO. The minimum absolute atomic E-state index is 0.0487. The molecule has 1 amide bonds. The van der Waals surface area contributed by atoms with Gasteiger partial charge in [-0.3, -0.25) is 10.0 Å². The van der Waals surface area contributed by atoms with Crippen LogP contribution in [0.1, 0.15) is 10.8 Å². The van der Waals surface area contributed by atoms with Crippen molar-refractivity contribution in [3.05, 3.63) is 59.9 Å². The molecule has 0 fully saturated rings. The topological polar surface area (TPSA) is 105 Å². The number of nitrogens with one attached hydrogen (secondary N) is 2. The third kappa shape index (κ3) is 5.43. The molecule has 0 saturated heterocycles. The molecule has 2 aromatic carbocycles. The Labute approximate surface area is 155 Å². The Bertz CT molecular complexity index is 862. The summed E-state index contributed by atoms with van der Waals surface area (Å²) in [5, 5.41) is 7.77. The van der Waals surface area contributed by atoms with Gasteiger partial charge in [0, 0.05) is 11.8 Å². The summed E-state index contributed by atoms with van der Waals surface area (Å²) in [7, 11) is -3.69. The number of carbonyl (C=O) groups is 1. The van der Waals surface area contributed by atoms with Crippen molar-refractivity contribution in [3.8, 4) is 5.75 Å². The average molecular weight is 400 g/mol. The summed E-state index contributed by atoms with van der Waals surface area (Å²) < 4.78 is 45.7. The van der Waals surface area contributed by atoms with Crippen molar-refractivity contribution in [1.29, 1.82) is 0 Å². The lowest BCUT2D eigenvalue weighted by Crippen LogP contribution is -2.27. The van der Waals surface area contributed by atoms with Crippen molar-refractivity contribution >= 4 is 28.6 Å². The molecule has 2 aromatic rings. The summed E-state index contributed by atoms with van der Waals surface area (Å²) in [6, 6.07) is 11.8. The molecule has 0 aliphatic rings. The zero-order valence-corrected chi connectivity index (χ0v) is 15.1. The van der Waals surface area contributed by atoms with Crippen molar-refractivity contribution in [2.45, 2.75) is 10.1 Å². The molecular weight excluding hydrogens is 383 g/mol. The van der Waals surface area contributed by atoms with E-state index < -0.39 is 33.6 Å². The van der Waals surface area contributed by atoms with Gasteiger partial charge in [0.25, 0.3) is 5.91 Å². The maximum absolute atomic E-state index is 14.0. The number of hydroxylamine groups is 1. The van der Waals surface area contributed by atoms with Crippen molar-refractivity contribution in [2.24, 2.45) is 0 Å². The minimum atomic E-state index is -3.69. The first kappa shape index (κ1) is 20.2. The van der Waals surface area contributed by atoms with E-state index in [1.807, 2.05) is 0 Å². The number of thiol groups is 1. The van der Waals surface area contributed by atoms with E-state index in [2.05, 4.69) is 17.4 Å². The third-order valence-electron chi connectivity index (χ3n) is 3.34. The Morgan fingerprint density at radius 3 is 2.54 bits per heavy atom. The van der Waals surface area contributed by atoms with E-state index >= 15 is 0 Å². The van der Waals surface area contributed by atoms with Crippen LogP contribution in [0.15, 0.2) is 53.4 Å². The molecule has 1 unspecified atom stereocenters. The van der Waals surface area contributed by atoms with Gasteiger partial charge in [-0.15, -0.1) is 0 Å². The predicted molar refractivity (Wildman–Crippen MR) is 95.2 cm³/mol. The highest BCUT2D eigenvalue weighted by Gasteiger charge is 2.17. The van der Waals surface area contributed by atoms with Crippen LogP contribution in [-0.2, 0) is 14.8 Å². The number of rotatable bonds is 8. The highest BCUT2D eigenvalue weighted by atomic mass is 32.2. The van der Waals surface area contributed by atoms with Gasteiger partial charge in [-0.2, -0.15) is 12.6 Å². The lowest BCUT2D eigenvalue weighted by atomic mass is 10.1. The smallest absolute Gasteiger partial charge is 0.281 e. The Morgan fingerprint density at radius 1 is 1.23 bits per heavy atom. The number of hydrogen-bond donors (Lipinski definition) is 4. The van der Waals surface area contributed by atoms with Crippen LogP contribution in [0.4, 0.5) is 4.39 Å². The van der Waals surface area contributed by atoms with Crippen molar-refractivity contribution in [3.63, 3.8) is 0 Å². The van der Waals surface area contributed by atoms with Gasteiger partial charge in [-0.25, -0.2) is 23.0 Å². The zero-order chi connectivity index (χ0) is 19.2. The van der Waals surface area contributed by atoms with Gasteiger partial charge >= 0.3 is 0 Å². The second kappa shape index (κ2) is 8.99. The molecule has 1 atom stereocenters. The van der Waals surface area contributed by atoms with Crippen LogP contribution < -0.4 is 14.9 Å². The van der Waals surface area contributed by atoms with E-state index in [0.29, 0.717) is 5.56 Å². The zero-order valence-electron chi connectivity index (χ0n) is 13.4. The first-order valence-electron chi connectivity index (χ1n) is 7.41. The van der Waals surface area contributed by atoms with Gasteiger partial charge in [0.2, 0.25) is 10.0 Å². The van der Waals surface area contributed by atoms with Crippen LogP contribution in [-0.4, -0.2) is 32.7 Å². The molecule has 2 rings (SSSR count). The number of amides is 1. The Morgan fingerprint density at radius 2 is 1.92 bits per heavy atom. The molecule has 0 aliphatic carbocycles. The molecule has 0 saturated carbocycles. The lowest BCUT2D eigenvalue weighted by Gasteiger charge is -2.14. The number of carbonyl (C=O) groups excluding carboxylic acids is 1. The van der Waals surface area contributed by atoms with E-state index in [9.17, 15) is 17.6 Å². The van der Waals surface area contributed by atoms with Gasteiger partial charge in [-0.05, 0) is 29.8 Å². The standard InChI is InChI=1S/C16H17FN2O5S2/c17-13-8-11(6-7-14(13)24-10-16(20)19-21)15(25)9-18-26(22,23)12-4-2-1-3-5-12/h1-8,15,18,21,25H,9-10H2,(H,19,20). The van der Waals surface area contributed by atoms with E-state index in [4.69, 9.17) is 9.94 Å². The molecule has 0 bridgehead atoms. The molecule has 10 heteroatoms. The molecule has 0 aliphatic heterocycles. The van der Waals surface area contributed by atoms with Crippen molar-refractivity contribution < 1.29 is 27.5 Å². The number of ether oxygens (including phenoxy) is 1. The first-order valence-corrected chi connectivity index (χ1v) is 9.41. The molecule has 0 radical (unpaired) electrons. The molecule has 0 heterocycles. The van der Waals surface area contributed by atoms with Crippen molar-refractivity contribution in [2.75, 3.05) is 13.2 Å². The summed E-state index contributed by atoms with van der Waals surface area (Å²) >= 11 is 4.29. The lowest BCUT2D eigenvalue weighted by molar-refractivity contribution is -0.131. The molecular formula is C16H17FN2O5S2. The summed E-state index contributed by atoms with van der Waals surface area (Å²) in [6.07, 6.45) is 0. The monoisotopic (exact) mass is 400 g/mol. The molecule has 0 spiro atoms. The van der Waals surface area contributed by atoms with Gasteiger partial charge in [0.05, 0.1) is 4.90 Å². The first-order chi connectivity index (χ1) is 12.3. The van der Waals surface area contributed by atoms with Crippen LogP contribution in [0.25, 0.3) is 0 Å². The Kier molecular flexibility index (Phi) is 6.98. The Hall–Kier alpha value is -2.14. The normalized spacial score (nSPS) is 12.4. The van der Waals surface area contributed by atoms with Gasteiger partial charge in [-0.1, -0.05) is 24.3 Å². The molecule has 3 N–H and O–H groups in total. The molecule has 7 nitrogen and oxygen atoms in total. The van der Waals surface area contributed by atoms with E-state index in [1.54, 1.807) is 18.2 Å². The summed E-state index contributed by atoms with van der Waals surface area (Å²) in [4.78, 5) is 11.0. The quantitative estimate of drug-likeness (QED) is 0.306. The summed E-state index contributed by atoms with van der Waals surface area (Å²) in [6.45, 7) is -0.596. The van der Waals surface area contributed by atoms with Gasteiger partial charge in [0.15, 0.2) is 18.2 Å². The fourth-order valence-electron chi connectivity index (χ4n) is 2.01. The predicted octanol–water partition coefficient (Wildman–Crippen LogP) is 1.66. The number of hydrogen-bond acceptors (Lipinski definition) is 6. The van der Waals surface area contributed by atoms with Crippen LogP contribution in [0, 0.1) is 5.82 Å². The van der Waals surface area contributed by atoms with Crippen LogP contribution in [0.2, 0.25) is 0 Å². The fraction of sp³-hybridized carbons (Fsp3) is 0.188. The molecule has 140 valence electrons. The minimum Gasteiger partial charge on any atom is -0.481 e. The highest BCUT2D eigenvalue weighted by molar-refractivity contribution is 7.89. The Balaban J connectivity index is 2.00. The second-order valence-corrected chi connectivity index (χ2v) is 7.58. The van der Waals surface area contributed by atoms with E-state index in [0.717, 1.165) is 6.07 Å². The van der Waals surface area contributed by atoms with Gasteiger partial charge in [0.1, 0.15) is 0 Å². The summed E-state index contributed by atoms with van der Waals surface area (Å²) in [5.41, 5.74) is 1.80. The number of benzene rings is 2. The molecule has 26 heavy (non-hydrogen) atoms. The van der Waals surface area contributed by atoms with Crippen molar-refractivity contribution in [1.82, 2.24) is 10.2 Å². The number of halogens is 1.